The largest absolute Gasteiger partial charge is 0.481 e. The predicted octanol–water partition coefficient (Wildman–Crippen LogP) is 1.16. The summed E-state index contributed by atoms with van der Waals surface area (Å²) in [5.74, 6) is -0.841. The molecule has 2 atom stereocenters. The average molecular weight is 208 g/mol. The van der Waals surface area contributed by atoms with Gasteiger partial charge in [0.25, 0.3) is 0 Å². The van der Waals surface area contributed by atoms with Gasteiger partial charge >= 0.3 is 5.97 Å². The van der Waals surface area contributed by atoms with E-state index in [1.807, 2.05) is 26.0 Å². The van der Waals surface area contributed by atoms with Crippen LogP contribution in [0.15, 0.2) is 24.5 Å². The van der Waals surface area contributed by atoms with Gasteiger partial charge in [-0.2, -0.15) is 0 Å². The molecule has 0 fully saturated rings. The first-order valence-electron chi connectivity index (χ1n) is 4.84. The molecule has 0 amide bonds. The Morgan fingerprint density at radius 3 is 2.53 bits per heavy atom. The van der Waals surface area contributed by atoms with E-state index in [0.717, 1.165) is 5.56 Å². The Balaban J connectivity index is 3.07. The van der Waals surface area contributed by atoms with Gasteiger partial charge in [-0.15, -0.1) is 0 Å². The molecule has 4 nitrogen and oxygen atoms in total. The molecule has 1 heterocycles. The zero-order valence-corrected chi connectivity index (χ0v) is 8.97. The van der Waals surface area contributed by atoms with Gasteiger partial charge in [-0.05, 0) is 24.6 Å². The van der Waals surface area contributed by atoms with Crippen molar-refractivity contribution in [2.24, 2.45) is 5.73 Å². The van der Waals surface area contributed by atoms with Crippen molar-refractivity contribution >= 4 is 5.97 Å². The number of carboxylic acids is 1. The van der Waals surface area contributed by atoms with Crippen LogP contribution in [0, 0.1) is 0 Å². The summed E-state index contributed by atoms with van der Waals surface area (Å²) in [6, 6.07) is 3.40. The first-order valence-corrected chi connectivity index (χ1v) is 4.84. The summed E-state index contributed by atoms with van der Waals surface area (Å²) in [7, 11) is 0. The molecule has 0 radical (unpaired) electrons. The van der Waals surface area contributed by atoms with Crippen LogP contribution in [0.1, 0.15) is 25.8 Å². The molecule has 0 saturated heterocycles. The Kier molecular flexibility index (Phi) is 3.42. The van der Waals surface area contributed by atoms with E-state index in [4.69, 9.17) is 10.8 Å². The molecule has 0 saturated carbocycles. The fourth-order valence-corrected chi connectivity index (χ4v) is 1.57. The lowest BCUT2D eigenvalue weighted by molar-refractivity contribution is -0.138. The maximum Gasteiger partial charge on any atom is 0.304 e. The van der Waals surface area contributed by atoms with Gasteiger partial charge < -0.3 is 10.8 Å². The predicted molar refractivity (Wildman–Crippen MR) is 57.5 cm³/mol. The summed E-state index contributed by atoms with van der Waals surface area (Å²) in [6.07, 6.45) is 3.32. The number of hydrogen-bond acceptors (Lipinski definition) is 3. The highest BCUT2D eigenvalue weighted by Gasteiger charge is 2.33. The van der Waals surface area contributed by atoms with Gasteiger partial charge in [0.05, 0.1) is 6.42 Å². The lowest BCUT2D eigenvalue weighted by Gasteiger charge is -2.32. The minimum Gasteiger partial charge on any atom is -0.481 e. The zero-order valence-electron chi connectivity index (χ0n) is 8.97. The lowest BCUT2D eigenvalue weighted by Crippen LogP contribution is -2.42. The van der Waals surface area contributed by atoms with Gasteiger partial charge in [0.2, 0.25) is 0 Å². The molecule has 0 aromatic carbocycles. The molecule has 1 rings (SSSR count). The van der Waals surface area contributed by atoms with Crippen LogP contribution in [-0.4, -0.2) is 22.1 Å². The number of nitrogens with two attached hydrogens (primary N) is 1. The average Bonchev–Trinajstić information content (AvgIpc) is 2.17. The number of nitrogens with zero attached hydrogens (tertiary/aromatic N) is 1. The van der Waals surface area contributed by atoms with E-state index >= 15 is 0 Å². The molecule has 4 heteroatoms. The van der Waals surface area contributed by atoms with Crippen molar-refractivity contribution in [1.29, 1.82) is 0 Å². The number of rotatable bonds is 4. The first-order chi connectivity index (χ1) is 6.97. The molecule has 0 aliphatic heterocycles. The highest BCUT2D eigenvalue weighted by molar-refractivity contribution is 5.69. The van der Waals surface area contributed by atoms with E-state index in [2.05, 4.69) is 4.98 Å². The van der Waals surface area contributed by atoms with Crippen molar-refractivity contribution in [2.45, 2.75) is 31.7 Å². The second-order valence-corrected chi connectivity index (χ2v) is 4.01. The molecule has 0 aliphatic carbocycles. The minimum atomic E-state index is -0.841. The molecule has 0 bridgehead atoms. The Labute approximate surface area is 89.1 Å². The molecule has 1 aromatic rings. The molecular weight excluding hydrogens is 192 g/mol. The maximum atomic E-state index is 10.8. The smallest absolute Gasteiger partial charge is 0.304 e. The fourth-order valence-electron chi connectivity index (χ4n) is 1.57. The number of aliphatic carboxylic acids is 1. The summed E-state index contributed by atoms with van der Waals surface area (Å²) < 4.78 is 0. The van der Waals surface area contributed by atoms with Crippen molar-refractivity contribution in [3.63, 3.8) is 0 Å². The van der Waals surface area contributed by atoms with Gasteiger partial charge in [0, 0.05) is 23.9 Å². The van der Waals surface area contributed by atoms with E-state index in [0.29, 0.717) is 0 Å². The molecule has 0 spiro atoms. The van der Waals surface area contributed by atoms with Crippen molar-refractivity contribution < 1.29 is 9.90 Å². The topological polar surface area (TPSA) is 76.2 Å². The third-order valence-corrected chi connectivity index (χ3v) is 2.86. The summed E-state index contributed by atoms with van der Waals surface area (Å²) in [4.78, 5) is 14.7. The van der Waals surface area contributed by atoms with E-state index in [-0.39, 0.29) is 12.5 Å². The molecule has 3 N–H and O–H groups in total. The van der Waals surface area contributed by atoms with Crippen LogP contribution in [0.5, 0.6) is 0 Å². The molecule has 82 valence electrons. The number of carbonyl (C=O) groups is 1. The Morgan fingerprint density at radius 1 is 1.60 bits per heavy atom. The quantitative estimate of drug-likeness (QED) is 0.778. The third kappa shape index (κ3) is 2.53. The van der Waals surface area contributed by atoms with E-state index in [1.54, 1.807) is 12.4 Å². The van der Waals surface area contributed by atoms with Crippen LogP contribution >= 0.6 is 0 Å². The van der Waals surface area contributed by atoms with Gasteiger partial charge in [-0.25, -0.2) is 0 Å². The minimum absolute atomic E-state index is 0.0225. The van der Waals surface area contributed by atoms with Gasteiger partial charge in [-0.1, -0.05) is 6.92 Å². The standard InChI is InChI=1S/C11H16N2O2/c1-8(12)11(2,7-10(14)15)9-3-5-13-6-4-9/h3-6,8H,7,12H2,1-2H3,(H,14,15). The molecule has 15 heavy (non-hydrogen) atoms. The maximum absolute atomic E-state index is 10.8. The normalized spacial score (nSPS) is 16.7. The highest BCUT2D eigenvalue weighted by atomic mass is 16.4. The molecular formula is C11H16N2O2. The Bertz CT molecular complexity index is 338. The molecule has 0 aliphatic rings. The fraction of sp³-hybridized carbons (Fsp3) is 0.455. The first kappa shape index (κ1) is 11.7. The summed E-state index contributed by atoms with van der Waals surface area (Å²) in [5, 5.41) is 8.89. The van der Waals surface area contributed by atoms with Crippen LogP contribution < -0.4 is 5.73 Å². The van der Waals surface area contributed by atoms with Gasteiger partial charge in [-0.3, -0.25) is 9.78 Å². The van der Waals surface area contributed by atoms with Crippen LogP contribution in [0.4, 0.5) is 0 Å². The van der Waals surface area contributed by atoms with Crippen molar-refractivity contribution in [3.05, 3.63) is 30.1 Å². The second kappa shape index (κ2) is 4.40. The van der Waals surface area contributed by atoms with Gasteiger partial charge in [0.1, 0.15) is 0 Å². The van der Waals surface area contributed by atoms with Crippen LogP contribution in [-0.2, 0) is 10.2 Å². The van der Waals surface area contributed by atoms with Crippen LogP contribution in [0.3, 0.4) is 0 Å². The summed E-state index contributed by atoms with van der Waals surface area (Å²) >= 11 is 0. The molecule has 2 unspecified atom stereocenters. The zero-order chi connectivity index (χ0) is 11.5. The summed E-state index contributed by atoms with van der Waals surface area (Å²) in [6.45, 7) is 3.69. The Morgan fingerprint density at radius 2 is 2.13 bits per heavy atom. The molecule has 1 aromatic heterocycles. The Hall–Kier alpha value is -1.42. The lowest BCUT2D eigenvalue weighted by atomic mass is 9.74. The summed E-state index contributed by atoms with van der Waals surface area (Å²) in [5.41, 5.74) is 6.23. The van der Waals surface area contributed by atoms with E-state index in [1.165, 1.54) is 0 Å². The van der Waals surface area contributed by atoms with Crippen molar-refractivity contribution in [2.75, 3.05) is 0 Å². The van der Waals surface area contributed by atoms with Crippen molar-refractivity contribution in [1.82, 2.24) is 4.98 Å². The number of pyridine rings is 1. The van der Waals surface area contributed by atoms with E-state index < -0.39 is 11.4 Å². The number of aromatic nitrogens is 1. The van der Waals surface area contributed by atoms with E-state index in [9.17, 15) is 4.79 Å². The SMILES string of the molecule is CC(N)C(C)(CC(=O)O)c1ccncc1. The van der Waals surface area contributed by atoms with Gasteiger partial charge in [0.15, 0.2) is 0 Å². The highest BCUT2D eigenvalue weighted by Crippen LogP contribution is 2.29. The third-order valence-electron chi connectivity index (χ3n) is 2.86. The number of carboxylic acid groups (broad SMARTS) is 1. The monoisotopic (exact) mass is 208 g/mol. The number of hydrogen-bond donors (Lipinski definition) is 2. The van der Waals surface area contributed by atoms with Crippen LogP contribution in [0.25, 0.3) is 0 Å². The second-order valence-electron chi connectivity index (χ2n) is 4.01. The van der Waals surface area contributed by atoms with Crippen LogP contribution in [0.2, 0.25) is 0 Å². The van der Waals surface area contributed by atoms with Crippen molar-refractivity contribution in [3.8, 4) is 0 Å².